The number of fused-ring (bicyclic) bond motifs is 1. The lowest BCUT2D eigenvalue weighted by Crippen LogP contribution is -2.10. The SMILES string of the molecule is CN(c1ccc(-c2ccccc2)cc1)c1ccc(-c2ccc(N(c3ccccc3)c3ccc(-c4ccccc4)cc3)cc2)cc1.CN(c1ccc(-c2ccccc2)cc1)c1ccc(-c2ccc(N(c3ccccc3)c3ccccc3)cc2)cc1.CN(c1ccccc1)c1ccc(-c2ccc(N(c3ccccc3)c3cccc4ccccc34)cc2)cc1. The van der Waals surface area contributed by atoms with Gasteiger partial charge in [0, 0.05) is 106 Å². The Balaban J connectivity index is 0.000000130. The highest BCUT2D eigenvalue weighted by atomic mass is 15.2. The van der Waals surface area contributed by atoms with Gasteiger partial charge < -0.3 is 29.4 Å². The molecule has 19 aromatic carbocycles. The minimum absolute atomic E-state index is 1.12. The van der Waals surface area contributed by atoms with Crippen molar-refractivity contribution in [2.24, 2.45) is 0 Å². The molecule has 0 aliphatic rings. The van der Waals surface area contributed by atoms with E-state index in [9.17, 15) is 0 Å². The predicted molar refractivity (Wildman–Crippen MR) is 517 cm³/mol. The summed E-state index contributed by atoms with van der Waals surface area (Å²) in [5, 5.41) is 2.47. The molecule has 0 aromatic heterocycles. The van der Waals surface area contributed by atoms with Gasteiger partial charge in [-0.1, -0.05) is 328 Å². The minimum atomic E-state index is 1.12. The Morgan fingerprint density at radius 3 is 0.521 bits per heavy atom. The second kappa shape index (κ2) is 37.5. The predicted octanol–water partition coefficient (Wildman–Crippen LogP) is 31.9. The Bertz CT molecular complexity index is 6390. The number of hydrogen-bond acceptors (Lipinski definition) is 6. The summed E-state index contributed by atoms with van der Waals surface area (Å²) in [6.07, 6.45) is 0. The van der Waals surface area contributed by atoms with Crippen LogP contribution in [0.25, 0.3) is 77.5 Å². The van der Waals surface area contributed by atoms with Crippen LogP contribution < -0.4 is 29.4 Å². The molecule has 0 bridgehead atoms. The van der Waals surface area contributed by atoms with Crippen molar-refractivity contribution in [3.05, 3.63) is 504 Å². The topological polar surface area (TPSA) is 19.4 Å². The maximum Gasteiger partial charge on any atom is 0.0540 e. The number of anilines is 15. The largest absolute Gasteiger partial charge is 0.345 e. The first-order valence-electron chi connectivity index (χ1n) is 41.2. The third-order valence-corrected chi connectivity index (χ3v) is 22.3. The van der Waals surface area contributed by atoms with Crippen LogP contribution in [0.5, 0.6) is 0 Å². The zero-order valence-corrected chi connectivity index (χ0v) is 68.1. The molecular weight excluding hydrogens is 1470 g/mol. The van der Waals surface area contributed by atoms with E-state index >= 15 is 0 Å². The van der Waals surface area contributed by atoms with Crippen LogP contribution in [-0.2, 0) is 0 Å². The molecule has 6 nitrogen and oxygen atoms in total. The summed E-state index contributed by atoms with van der Waals surface area (Å²) in [7, 11) is 6.33. The Kier molecular flexibility index (Phi) is 24.1. The maximum absolute atomic E-state index is 2.34. The van der Waals surface area contributed by atoms with Gasteiger partial charge in [0.05, 0.1) is 5.69 Å². The number of rotatable bonds is 21. The highest BCUT2D eigenvalue weighted by Gasteiger charge is 2.19. The van der Waals surface area contributed by atoms with Crippen molar-refractivity contribution < 1.29 is 0 Å². The van der Waals surface area contributed by atoms with Gasteiger partial charge in [-0.3, -0.25) is 0 Å². The summed E-state index contributed by atoms with van der Waals surface area (Å²) in [6, 6.07) is 178. The first-order valence-corrected chi connectivity index (χ1v) is 41.2. The molecule has 0 saturated heterocycles. The summed E-state index contributed by atoms with van der Waals surface area (Å²) < 4.78 is 0. The highest BCUT2D eigenvalue weighted by Crippen LogP contribution is 2.43. The molecule has 0 saturated carbocycles. The summed E-state index contributed by atoms with van der Waals surface area (Å²) in [4.78, 5) is 13.6. The molecule has 0 fully saturated rings. The lowest BCUT2D eigenvalue weighted by atomic mass is 10.0. The van der Waals surface area contributed by atoms with Crippen LogP contribution in [0, 0.1) is 0 Å². The highest BCUT2D eigenvalue weighted by molar-refractivity contribution is 5.99. The van der Waals surface area contributed by atoms with E-state index in [2.05, 4.69) is 542 Å². The number of nitrogens with zero attached hydrogens (tertiary/aromatic N) is 6. The maximum atomic E-state index is 2.34. The first-order chi connectivity index (χ1) is 59.8. The number of para-hydroxylation sites is 5. The second-order valence-electron chi connectivity index (χ2n) is 29.9. The van der Waals surface area contributed by atoms with E-state index in [1.54, 1.807) is 0 Å². The molecule has 19 aromatic rings. The molecule has 0 atom stereocenters. The molecule has 6 heteroatoms. The zero-order chi connectivity index (χ0) is 81.9. The van der Waals surface area contributed by atoms with Gasteiger partial charge in [0.2, 0.25) is 0 Å². The molecule has 0 unspecified atom stereocenters. The van der Waals surface area contributed by atoms with Crippen molar-refractivity contribution in [1.82, 2.24) is 0 Å². The molecule has 0 aliphatic carbocycles. The molecule has 0 heterocycles. The smallest absolute Gasteiger partial charge is 0.0540 e. The van der Waals surface area contributed by atoms with Gasteiger partial charge in [-0.25, -0.2) is 0 Å². The molecule has 582 valence electrons. The van der Waals surface area contributed by atoms with Crippen molar-refractivity contribution >= 4 is 96.1 Å². The monoisotopic (exact) mass is 1560 g/mol. The third-order valence-electron chi connectivity index (χ3n) is 22.3. The molecule has 0 amide bonds. The normalized spacial score (nSPS) is 10.8. The van der Waals surface area contributed by atoms with Crippen LogP contribution in [0.3, 0.4) is 0 Å². The molecule has 0 spiro atoms. The van der Waals surface area contributed by atoms with Gasteiger partial charge in [0.15, 0.2) is 0 Å². The zero-order valence-electron chi connectivity index (χ0n) is 68.1. The Morgan fingerprint density at radius 2 is 0.273 bits per heavy atom. The molecule has 0 radical (unpaired) electrons. The van der Waals surface area contributed by atoms with E-state index in [-0.39, 0.29) is 0 Å². The molecule has 0 N–H and O–H groups in total. The number of benzene rings is 19. The van der Waals surface area contributed by atoms with Gasteiger partial charge >= 0.3 is 0 Å². The van der Waals surface area contributed by atoms with Crippen LogP contribution in [0.4, 0.5) is 85.3 Å². The fourth-order valence-corrected chi connectivity index (χ4v) is 15.6. The summed E-state index contributed by atoms with van der Waals surface area (Å²) in [5.41, 5.74) is 31.7. The molecule has 0 aliphatic heterocycles. The van der Waals surface area contributed by atoms with Crippen molar-refractivity contribution in [3.8, 4) is 66.8 Å². The van der Waals surface area contributed by atoms with Crippen LogP contribution in [0.2, 0.25) is 0 Å². The lowest BCUT2D eigenvalue weighted by molar-refractivity contribution is 1.21. The van der Waals surface area contributed by atoms with E-state index in [0.717, 1.165) is 73.9 Å². The summed E-state index contributed by atoms with van der Waals surface area (Å²) in [5.74, 6) is 0. The average molecular weight is 1560 g/mol. The second-order valence-corrected chi connectivity index (χ2v) is 29.9. The number of hydrogen-bond donors (Lipinski definition) is 0. The van der Waals surface area contributed by atoms with Crippen molar-refractivity contribution in [3.63, 3.8) is 0 Å². The van der Waals surface area contributed by atoms with Gasteiger partial charge in [-0.2, -0.15) is 0 Å². The molecule has 121 heavy (non-hydrogen) atoms. The summed E-state index contributed by atoms with van der Waals surface area (Å²) in [6.45, 7) is 0. The van der Waals surface area contributed by atoms with Gasteiger partial charge in [-0.15, -0.1) is 0 Å². The molecular formula is C115H92N6. The average Bonchev–Trinajstić information content (AvgIpc) is 0.782. The van der Waals surface area contributed by atoms with Crippen LogP contribution in [0.1, 0.15) is 0 Å². The van der Waals surface area contributed by atoms with Crippen molar-refractivity contribution in [2.75, 3.05) is 50.5 Å². The van der Waals surface area contributed by atoms with Crippen LogP contribution in [0.15, 0.2) is 504 Å². The van der Waals surface area contributed by atoms with Gasteiger partial charge in [0.1, 0.15) is 0 Å². The first kappa shape index (κ1) is 77.8. The van der Waals surface area contributed by atoms with Gasteiger partial charge in [-0.05, 0) is 248 Å². The van der Waals surface area contributed by atoms with Crippen LogP contribution in [-0.4, -0.2) is 21.1 Å². The van der Waals surface area contributed by atoms with E-state index < -0.39 is 0 Å². The quantitative estimate of drug-likeness (QED) is 0.0709. The van der Waals surface area contributed by atoms with Crippen molar-refractivity contribution in [1.29, 1.82) is 0 Å². The van der Waals surface area contributed by atoms with E-state index in [0.29, 0.717) is 0 Å². The Labute approximate surface area is 712 Å². The van der Waals surface area contributed by atoms with E-state index in [4.69, 9.17) is 0 Å². The van der Waals surface area contributed by atoms with E-state index in [1.165, 1.54) is 88.9 Å². The Hall–Kier alpha value is -15.8. The lowest BCUT2D eigenvalue weighted by Gasteiger charge is -2.27. The summed E-state index contributed by atoms with van der Waals surface area (Å²) >= 11 is 0. The standard InChI is InChI=1S/C43H34N2.C37H30N2.C35H28N2/c1-44(39-25-17-35(18-26-39)33-11-5-2-6-12-33)40-27-19-37(20-28-40)38-23-31-43(32-24-38)45(41-15-9-4-10-16-41)42-29-21-36(22-30-42)34-13-7-3-8-14-34;1-38(33-23-17-30(18-24-33)29-11-5-2-6-12-29)34-25-19-31(20-26-34)32-21-27-37(28-22-32)39(35-13-7-3-8-14-35)36-15-9-4-10-16-36;1-36(30-13-4-2-5-14-30)31-23-19-27(20-24-31)28-21-25-33(26-22-28)37(32-15-6-3-7-16-32)35-18-10-12-29-11-8-9-17-34(29)35/h2-32H,1H3;2-28H,1H3;2-26H,1H3. The van der Waals surface area contributed by atoms with Crippen molar-refractivity contribution in [2.45, 2.75) is 0 Å². The van der Waals surface area contributed by atoms with E-state index in [1.807, 2.05) is 12.1 Å². The fraction of sp³-hybridized carbons (Fsp3) is 0.0261. The molecule has 19 rings (SSSR count). The Morgan fingerprint density at radius 1 is 0.116 bits per heavy atom. The fourth-order valence-electron chi connectivity index (χ4n) is 15.6. The third kappa shape index (κ3) is 18.4. The van der Waals surface area contributed by atoms with Crippen LogP contribution >= 0.6 is 0 Å². The minimum Gasteiger partial charge on any atom is -0.345 e. The van der Waals surface area contributed by atoms with Gasteiger partial charge in [0.25, 0.3) is 0 Å².